The van der Waals surface area contributed by atoms with E-state index in [9.17, 15) is 9.59 Å². The van der Waals surface area contributed by atoms with Crippen LogP contribution >= 0.6 is 11.6 Å². The van der Waals surface area contributed by atoms with Crippen molar-refractivity contribution in [2.45, 2.75) is 18.9 Å². The van der Waals surface area contributed by atoms with Crippen LogP contribution in [0.4, 0.5) is 5.69 Å². The van der Waals surface area contributed by atoms with Gasteiger partial charge in [0.15, 0.2) is 0 Å². The predicted molar refractivity (Wildman–Crippen MR) is 69.1 cm³/mol. The molecule has 1 fully saturated rings. The van der Waals surface area contributed by atoms with E-state index in [0.717, 1.165) is 6.42 Å². The Morgan fingerprint density at radius 2 is 2.11 bits per heavy atom. The minimum atomic E-state index is -0.545. The number of halogens is 1. The fourth-order valence-corrected chi connectivity index (χ4v) is 2.36. The molecule has 1 unspecified atom stereocenters. The number of likely N-dealkylation sites (tertiary alicyclic amines) is 1. The van der Waals surface area contributed by atoms with Gasteiger partial charge in [0.2, 0.25) is 5.91 Å². The molecule has 1 saturated heterocycles. The van der Waals surface area contributed by atoms with Crippen molar-refractivity contribution in [3.05, 3.63) is 28.8 Å². The summed E-state index contributed by atoms with van der Waals surface area (Å²) in [6, 6.07) is 4.32. The molecule has 0 saturated carbocycles. The molecule has 0 aromatic heterocycles. The number of hydrogen-bond acceptors (Lipinski definition) is 3. The highest BCUT2D eigenvalue weighted by Crippen LogP contribution is 2.26. The number of nitrogens with two attached hydrogens (primary N) is 2. The lowest BCUT2D eigenvalue weighted by atomic mass is 10.1. The third-order valence-electron chi connectivity index (χ3n) is 3.13. The first-order chi connectivity index (χ1) is 8.52. The maximum atomic E-state index is 12.3. The molecule has 0 spiro atoms. The van der Waals surface area contributed by atoms with Crippen LogP contribution < -0.4 is 11.5 Å². The molecule has 0 bridgehead atoms. The molecule has 2 amide bonds. The van der Waals surface area contributed by atoms with Crippen molar-refractivity contribution in [2.75, 3.05) is 12.3 Å². The summed E-state index contributed by atoms with van der Waals surface area (Å²) in [5, 5.41) is 0.329. The summed E-state index contributed by atoms with van der Waals surface area (Å²) >= 11 is 5.88. The number of amides is 2. The molecule has 4 N–H and O–H groups in total. The lowest BCUT2D eigenvalue weighted by molar-refractivity contribution is -0.121. The van der Waals surface area contributed by atoms with E-state index in [1.165, 1.54) is 4.90 Å². The van der Waals surface area contributed by atoms with E-state index in [1.54, 1.807) is 18.2 Å². The summed E-state index contributed by atoms with van der Waals surface area (Å²) < 4.78 is 0. The zero-order valence-electron chi connectivity index (χ0n) is 9.73. The van der Waals surface area contributed by atoms with E-state index >= 15 is 0 Å². The molecule has 1 aliphatic rings. The topological polar surface area (TPSA) is 89.4 Å². The van der Waals surface area contributed by atoms with Gasteiger partial charge in [0.25, 0.3) is 5.91 Å². The quantitative estimate of drug-likeness (QED) is 0.784. The summed E-state index contributed by atoms with van der Waals surface area (Å²) in [6.45, 7) is 0.512. The maximum absolute atomic E-state index is 12.3. The van der Waals surface area contributed by atoms with Gasteiger partial charge >= 0.3 is 0 Å². The first-order valence-corrected chi connectivity index (χ1v) is 6.04. The van der Waals surface area contributed by atoms with Gasteiger partial charge in [0.1, 0.15) is 6.04 Å². The van der Waals surface area contributed by atoms with E-state index in [2.05, 4.69) is 0 Å². The van der Waals surface area contributed by atoms with E-state index in [-0.39, 0.29) is 11.6 Å². The number of carbonyl (C=O) groups is 2. The van der Waals surface area contributed by atoms with Crippen LogP contribution in [0.15, 0.2) is 18.2 Å². The van der Waals surface area contributed by atoms with Crippen LogP contribution in [0.5, 0.6) is 0 Å². The highest BCUT2D eigenvalue weighted by atomic mass is 35.5. The van der Waals surface area contributed by atoms with Gasteiger partial charge in [-0.15, -0.1) is 0 Å². The third-order valence-corrected chi connectivity index (χ3v) is 3.46. The minimum Gasteiger partial charge on any atom is -0.397 e. The number of primary amides is 1. The van der Waals surface area contributed by atoms with Gasteiger partial charge in [-0.1, -0.05) is 17.7 Å². The highest BCUT2D eigenvalue weighted by Gasteiger charge is 2.33. The Bertz CT molecular complexity index is 504. The molecule has 1 atom stereocenters. The summed E-state index contributed by atoms with van der Waals surface area (Å²) in [5.41, 5.74) is 11.6. The Hall–Kier alpha value is -1.75. The highest BCUT2D eigenvalue weighted by molar-refractivity contribution is 6.34. The molecule has 2 rings (SSSR count). The monoisotopic (exact) mass is 267 g/mol. The Morgan fingerprint density at radius 1 is 1.39 bits per heavy atom. The molecule has 1 aliphatic heterocycles. The van der Waals surface area contributed by atoms with Crippen molar-refractivity contribution in [2.24, 2.45) is 5.73 Å². The van der Waals surface area contributed by atoms with Gasteiger partial charge in [-0.3, -0.25) is 9.59 Å². The van der Waals surface area contributed by atoms with Crippen LogP contribution in [-0.4, -0.2) is 29.3 Å². The Labute approximate surface area is 110 Å². The SMILES string of the molecule is NC(=O)C1CCCN1C(=O)c1cccc(Cl)c1N. The number of para-hydroxylation sites is 1. The normalized spacial score (nSPS) is 18.9. The Kier molecular flexibility index (Phi) is 3.43. The standard InChI is InChI=1S/C12H14ClN3O2/c13-8-4-1-3-7(10(8)14)12(18)16-6-2-5-9(16)11(15)17/h1,3-4,9H,2,5-6,14H2,(H2,15,17). The van der Waals surface area contributed by atoms with Gasteiger partial charge < -0.3 is 16.4 Å². The van der Waals surface area contributed by atoms with Crippen LogP contribution in [0.1, 0.15) is 23.2 Å². The smallest absolute Gasteiger partial charge is 0.256 e. The van der Waals surface area contributed by atoms with E-state index < -0.39 is 11.9 Å². The van der Waals surface area contributed by atoms with Gasteiger partial charge in [-0.05, 0) is 25.0 Å². The lowest BCUT2D eigenvalue weighted by Crippen LogP contribution is -2.43. The summed E-state index contributed by atoms with van der Waals surface area (Å²) in [4.78, 5) is 25.0. The molecule has 1 aromatic carbocycles. The molecule has 1 aromatic rings. The first kappa shape index (κ1) is 12.7. The first-order valence-electron chi connectivity index (χ1n) is 5.66. The molecule has 0 radical (unpaired) electrons. The second-order valence-corrected chi connectivity index (χ2v) is 4.67. The van der Waals surface area contributed by atoms with Crippen molar-refractivity contribution >= 4 is 29.1 Å². The van der Waals surface area contributed by atoms with Gasteiger partial charge in [0, 0.05) is 6.54 Å². The van der Waals surface area contributed by atoms with Crippen LogP contribution in [0.25, 0.3) is 0 Å². The van der Waals surface area contributed by atoms with Gasteiger partial charge in [-0.25, -0.2) is 0 Å². The van der Waals surface area contributed by atoms with Crippen molar-refractivity contribution in [3.63, 3.8) is 0 Å². The Balaban J connectivity index is 2.31. The number of hydrogen-bond donors (Lipinski definition) is 2. The number of nitrogens with zero attached hydrogens (tertiary/aromatic N) is 1. The predicted octanol–water partition coefficient (Wildman–Crippen LogP) is 1.01. The third kappa shape index (κ3) is 2.13. The van der Waals surface area contributed by atoms with Crippen LogP contribution in [0, 0.1) is 0 Å². The second-order valence-electron chi connectivity index (χ2n) is 4.26. The van der Waals surface area contributed by atoms with Crippen LogP contribution in [0.2, 0.25) is 5.02 Å². The summed E-state index contributed by atoms with van der Waals surface area (Å²) in [7, 11) is 0. The fourth-order valence-electron chi connectivity index (χ4n) is 2.18. The number of anilines is 1. The molecule has 1 heterocycles. The molecule has 96 valence electrons. The molecule has 5 nitrogen and oxygen atoms in total. The van der Waals surface area contributed by atoms with Crippen LogP contribution in [0.3, 0.4) is 0 Å². The van der Waals surface area contributed by atoms with E-state index in [4.69, 9.17) is 23.1 Å². The van der Waals surface area contributed by atoms with Crippen molar-refractivity contribution in [1.29, 1.82) is 0 Å². The Morgan fingerprint density at radius 3 is 2.78 bits per heavy atom. The second kappa shape index (κ2) is 4.86. The molecule has 6 heteroatoms. The largest absolute Gasteiger partial charge is 0.397 e. The van der Waals surface area contributed by atoms with E-state index in [1.807, 2.05) is 0 Å². The van der Waals surface area contributed by atoms with Gasteiger partial charge in [-0.2, -0.15) is 0 Å². The van der Waals surface area contributed by atoms with Crippen molar-refractivity contribution in [3.8, 4) is 0 Å². The summed E-state index contributed by atoms with van der Waals surface area (Å²) in [6.07, 6.45) is 1.36. The fraction of sp³-hybridized carbons (Fsp3) is 0.333. The summed E-state index contributed by atoms with van der Waals surface area (Å²) in [5.74, 6) is -0.780. The van der Waals surface area contributed by atoms with Crippen molar-refractivity contribution < 1.29 is 9.59 Å². The van der Waals surface area contributed by atoms with Gasteiger partial charge in [0.05, 0.1) is 16.3 Å². The van der Waals surface area contributed by atoms with Crippen LogP contribution in [-0.2, 0) is 4.79 Å². The maximum Gasteiger partial charge on any atom is 0.256 e. The number of benzene rings is 1. The molecular weight excluding hydrogens is 254 g/mol. The zero-order valence-corrected chi connectivity index (χ0v) is 10.5. The average molecular weight is 268 g/mol. The average Bonchev–Trinajstić information content (AvgIpc) is 2.81. The lowest BCUT2D eigenvalue weighted by Gasteiger charge is -2.23. The molecule has 18 heavy (non-hydrogen) atoms. The molecular formula is C12H14ClN3O2. The number of rotatable bonds is 2. The van der Waals surface area contributed by atoms with Crippen molar-refractivity contribution in [1.82, 2.24) is 4.90 Å². The zero-order chi connectivity index (χ0) is 13.3. The number of carbonyl (C=O) groups excluding carboxylic acids is 2. The number of nitrogen functional groups attached to an aromatic ring is 1. The minimum absolute atomic E-state index is 0.235. The molecule has 0 aliphatic carbocycles. The van der Waals surface area contributed by atoms with E-state index in [0.29, 0.717) is 23.6 Å².